The number of ether oxygens (including phenoxy) is 1. The molecular formula is C22H23Cl2FN4OS. The molecule has 1 aromatic heterocycles. The highest BCUT2D eigenvalue weighted by atomic mass is 35.5. The van der Waals surface area contributed by atoms with Crippen LogP contribution in [-0.2, 0) is 24.5 Å². The second-order valence-corrected chi connectivity index (χ2v) is 8.94. The largest absolute Gasteiger partial charge is 0.376 e. The number of hydrogen-bond donors (Lipinski definition) is 0. The summed E-state index contributed by atoms with van der Waals surface area (Å²) in [6, 6.07) is 11.9. The fourth-order valence-electron chi connectivity index (χ4n) is 3.73. The first-order chi connectivity index (χ1) is 14.9. The molecule has 31 heavy (non-hydrogen) atoms. The van der Waals surface area contributed by atoms with E-state index in [1.54, 1.807) is 22.9 Å². The van der Waals surface area contributed by atoms with Crippen molar-refractivity contribution in [3.8, 4) is 11.4 Å². The Morgan fingerprint density at radius 3 is 2.65 bits per heavy atom. The third-order valence-electron chi connectivity index (χ3n) is 5.25. The van der Waals surface area contributed by atoms with Crippen LogP contribution in [0.2, 0.25) is 10.0 Å². The summed E-state index contributed by atoms with van der Waals surface area (Å²) < 4.78 is 23.7. The molecule has 2 aromatic carbocycles. The zero-order chi connectivity index (χ0) is 22.0. The van der Waals surface area contributed by atoms with E-state index in [0.717, 1.165) is 30.6 Å². The zero-order valence-electron chi connectivity index (χ0n) is 17.1. The van der Waals surface area contributed by atoms with E-state index in [2.05, 4.69) is 4.90 Å². The molecule has 4 rings (SSSR count). The van der Waals surface area contributed by atoms with Crippen LogP contribution >= 0.6 is 35.4 Å². The highest BCUT2D eigenvalue weighted by Gasteiger charge is 2.21. The fraction of sp³-hybridized carbons (Fsp3) is 0.364. The van der Waals surface area contributed by atoms with Gasteiger partial charge in [-0.2, -0.15) is 5.10 Å². The maximum Gasteiger partial charge on any atom is 0.199 e. The van der Waals surface area contributed by atoms with Gasteiger partial charge in [-0.15, -0.1) is 0 Å². The average molecular weight is 481 g/mol. The second kappa shape index (κ2) is 9.79. The average Bonchev–Trinajstić information content (AvgIpc) is 3.35. The number of halogens is 3. The Hall–Kier alpha value is -1.77. The molecule has 1 fully saturated rings. The predicted octanol–water partition coefficient (Wildman–Crippen LogP) is 5.80. The number of benzene rings is 2. The van der Waals surface area contributed by atoms with Gasteiger partial charge in [-0.3, -0.25) is 9.47 Å². The lowest BCUT2D eigenvalue weighted by atomic mass is 10.2. The maximum absolute atomic E-state index is 13.5. The Bertz CT molecular complexity index is 1110. The van der Waals surface area contributed by atoms with Gasteiger partial charge in [-0.1, -0.05) is 29.3 Å². The van der Waals surface area contributed by atoms with Gasteiger partial charge in [-0.25, -0.2) is 9.07 Å². The number of nitrogens with zero attached hydrogens (tertiary/aromatic N) is 4. The molecule has 0 radical (unpaired) electrons. The molecule has 0 N–H and O–H groups in total. The van der Waals surface area contributed by atoms with E-state index in [1.807, 2.05) is 23.7 Å². The van der Waals surface area contributed by atoms with Gasteiger partial charge in [0.25, 0.3) is 0 Å². The van der Waals surface area contributed by atoms with Gasteiger partial charge >= 0.3 is 0 Å². The molecule has 9 heteroatoms. The third kappa shape index (κ3) is 5.35. The lowest BCUT2D eigenvalue weighted by molar-refractivity contribution is 0.0967. The molecule has 0 aliphatic carbocycles. The molecule has 0 spiro atoms. The maximum atomic E-state index is 13.5. The summed E-state index contributed by atoms with van der Waals surface area (Å²) in [6.45, 7) is 2.54. The minimum atomic E-state index is -0.284. The van der Waals surface area contributed by atoms with E-state index >= 15 is 0 Å². The molecule has 0 amide bonds. The third-order valence-corrected chi connectivity index (χ3v) is 6.42. The summed E-state index contributed by atoms with van der Waals surface area (Å²) in [7, 11) is 1.99. The van der Waals surface area contributed by atoms with Crippen molar-refractivity contribution in [3.05, 3.63) is 68.7 Å². The molecular weight excluding hydrogens is 458 g/mol. The van der Waals surface area contributed by atoms with E-state index < -0.39 is 0 Å². The van der Waals surface area contributed by atoms with Crippen LogP contribution in [0, 0.1) is 10.6 Å². The zero-order valence-corrected chi connectivity index (χ0v) is 19.4. The number of aromatic nitrogens is 3. The molecule has 1 atom stereocenters. The van der Waals surface area contributed by atoms with Crippen molar-refractivity contribution in [1.29, 1.82) is 0 Å². The van der Waals surface area contributed by atoms with Crippen molar-refractivity contribution in [3.63, 3.8) is 0 Å². The lowest BCUT2D eigenvalue weighted by Crippen LogP contribution is -2.23. The van der Waals surface area contributed by atoms with Crippen molar-refractivity contribution < 1.29 is 9.13 Å². The van der Waals surface area contributed by atoms with Crippen LogP contribution < -0.4 is 0 Å². The molecule has 2 heterocycles. The number of hydrogen-bond acceptors (Lipinski definition) is 4. The highest BCUT2D eigenvalue weighted by Crippen LogP contribution is 2.24. The Labute approximate surface area is 196 Å². The van der Waals surface area contributed by atoms with Crippen molar-refractivity contribution in [1.82, 2.24) is 19.2 Å². The monoisotopic (exact) mass is 480 g/mol. The highest BCUT2D eigenvalue weighted by molar-refractivity contribution is 7.71. The minimum Gasteiger partial charge on any atom is -0.376 e. The SMILES string of the molecule is CN(Cc1ccc(Cl)c(Cl)c1)Cn1nc(-c2ccc(F)cc2)n(CC2CCCO2)c1=S. The van der Waals surface area contributed by atoms with E-state index in [9.17, 15) is 4.39 Å². The van der Waals surface area contributed by atoms with Gasteiger partial charge in [-0.05, 0) is 74.1 Å². The van der Waals surface area contributed by atoms with Crippen LogP contribution in [0.3, 0.4) is 0 Å². The summed E-state index contributed by atoms with van der Waals surface area (Å²) in [6.07, 6.45) is 2.15. The van der Waals surface area contributed by atoms with E-state index in [-0.39, 0.29) is 11.9 Å². The minimum absolute atomic E-state index is 0.109. The first-order valence-corrected chi connectivity index (χ1v) is 11.2. The molecule has 1 aliphatic heterocycles. The Morgan fingerprint density at radius 1 is 1.19 bits per heavy atom. The Morgan fingerprint density at radius 2 is 1.97 bits per heavy atom. The first-order valence-electron chi connectivity index (χ1n) is 10.1. The topological polar surface area (TPSA) is 35.2 Å². The van der Waals surface area contributed by atoms with Crippen molar-refractivity contribution in [2.45, 2.75) is 38.7 Å². The number of rotatable bonds is 7. The van der Waals surface area contributed by atoms with Crippen LogP contribution in [0.4, 0.5) is 4.39 Å². The van der Waals surface area contributed by atoms with Crippen LogP contribution in [-0.4, -0.2) is 39.0 Å². The van der Waals surface area contributed by atoms with Gasteiger partial charge in [0, 0.05) is 18.7 Å². The van der Waals surface area contributed by atoms with E-state index in [1.165, 1.54) is 12.1 Å². The molecule has 5 nitrogen and oxygen atoms in total. The second-order valence-electron chi connectivity index (χ2n) is 7.76. The van der Waals surface area contributed by atoms with Gasteiger partial charge < -0.3 is 4.74 Å². The Kier molecular flexibility index (Phi) is 7.08. The van der Waals surface area contributed by atoms with Crippen molar-refractivity contribution in [2.24, 2.45) is 0 Å². The smallest absolute Gasteiger partial charge is 0.199 e. The van der Waals surface area contributed by atoms with Gasteiger partial charge in [0.2, 0.25) is 0 Å². The summed E-state index contributed by atoms with van der Waals surface area (Å²) in [5.74, 6) is 0.428. The predicted molar refractivity (Wildman–Crippen MR) is 123 cm³/mol. The molecule has 0 bridgehead atoms. The molecule has 1 unspecified atom stereocenters. The van der Waals surface area contributed by atoms with Crippen LogP contribution in [0.25, 0.3) is 11.4 Å². The van der Waals surface area contributed by atoms with Crippen LogP contribution in [0.15, 0.2) is 42.5 Å². The standard InChI is InChI=1S/C22H23Cl2FN4OS/c1-27(12-15-4-9-19(23)20(24)11-15)14-29-22(31)28(13-18-3-2-10-30-18)21(26-29)16-5-7-17(25)8-6-16/h4-9,11,18H,2-3,10,12-14H2,1H3. The summed E-state index contributed by atoms with van der Waals surface area (Å²) in [4.78, 5) is 2.09. The molecule has 3 aromatic rings. The quantitative estimate of drug-likeness (QED) is 0.400. The lowest BCUT2D eigenvalue weighted by Gasteiger charge is -2.17. The van der Waals surface area contributed by atoms with Crippen LogP contribution in [0.5, 0.6) is 0 Å². The van der Waals surface area contributed by atoms with Crippen LogP contribution in [0.1, 0.15) is 18.4 Å². The molecule has 0 saturated carbocycles. The normalized spacial score (nSPS) is 16.4. The summed E-state index contributed by atoms with van der Waals surface area (Å²) in [5.41, 5.74) is 1.86. The molecule has 1 saturated heterocycles. The summed E-state index contributed by atoms with van der Waals surface area (Å²) in [5, 5.41) is 5.84. The summed E-state index contributed by atoms with van der Waals surface area (Å²) >= 11 is 17.9. The Balaban J connectivity index is 1.59. The molecule has 1 aliphatic rings. The first kappa shape index (κ1) is 22.4. The van der Waals surface area contributed by atoms with Gasteiger partial charge in [0.15, 0.2) is 10.6 Å². The fourth-order valence-corrected chi connectivity index (χ4v) is 4.31. The molecule has 164 valence electrons. The van der Waals surface area contributed by atoms with Gasteiger partial charge in [0.05, 0.1) is 29.4 Å². The van der Waals surface area contributed by atoms with E-state index in [4.69, 9.17) is 45.3 Å². The van der Waals surface area contributed by atoms with Gasteiger partial charge in [0.1, 0.15) is 5.82 Å². The van der Waals surface area contributed by atoms with Crippen molar-refractivity contribution in [2.75, 3.05) is 13.7 Å². The van der Waals surface area contributed by atoms with Crippen molar-refractivity contribution >= 4 is 35.4 Å². The van der Waals surface area contributed by atoms with E-state index in [0.29, 0.717) is 40.4 Å².